The van der Waals surface area contributed by atoms with E-state index >= 15 is 0 Å². The summed E-state index contributed by atoms with van der Waals surface area (Å²) in [6.45, 7) is 2.26. The van der Waals surface area contributed by atoms with Gasteiger partial charge in [-0.3, -0.25) is 9.69 Å². The van der Waals surface area contributed by atoms with Gasteiger partial charge in [-0.05, 0) is 56.3 Å². The number of furan rings is 1. The molecule has 0 spiro atoms. The molecule has 1 fully saturated rings. The summed E-state index contributed by atoms with van der Waals surface area (Å²) in [5, 5.41) is 2.78. The lowest BCUT2D eigenvalue weighted by Gasteiger charge is -2.25. The van der Waals surface area contributed by atoms with Crippen LogP contribution in [0.4, 0.5) is 5.69 Å². The lowest BCUT2D eigenvalue weighted by Crippen LogP contribution is -2.36. The van der Waals surface area contributed by atoms with E-state index in [2.05, 4.69) is 14.9 Å². The Morgan fingerprint density at radius 2 is 1.92 bits per heavy atom. The zero-order valence-electron chi connectivity index (χ0n) is 14.5. The molecular weight excluding hydrogens is 354 g/mol. The Morgan fingerprint density at radius 1 is 1.12 bits per heavy atom. The maximum atomic E-state index is 12.4. The smallest absolute Gasteiger partial charge is 0.241 e. The Balaban J connectivity index is 1.60. The van der Waals surface area contributed by atoms with Gasteiger partial charge in [0.15, 0.2) is 0 Å². The Hall–Kier alpha value is -2.16. The molecule has 26 heavy (non-hydrogen) atoms. The van der Waals surface area contributed by atoms with Crippen LogP contribution in [0.15, 0.2) is 52.0 Å². The molecule has 7 nitrogen and oxygen atoms in total. The first-order valence-corrected chi connectivity index (χ1v) is 10.2. The van der Waals surface area contributed by atoms with Gasteiger partial charge in [-0.15, -0.1) is 0 Å². The number of amides is 1. The van der Waals surface area contributed by atoms with Crippen molar-refractivity contribution < 1.29 is 17.6 Å². The third kappa shape index (κ3) is 5.17. The van der Waals surface area contributed by atoms with Gasteiger partial charge < -0.3 is 9.73 Å². The van der Waals surface area contributed by atoms with Crippen LogP contribution in [0, 0.1) is 0 Å². The lowest BCUT2D eigenvalue weighted by molar-refractivity contribution is -0.117. The molecule has 0 bridgehead atoms. The van der Waals surface area contributed by atoms with Crippen LogP contribution >= 0.6 is 0 Å². The topological polar surface area (TPSA) is 91.7 Å². The number of sulfonamides is 1. The zero-order valence-corrected chi connectivity index (χ0v) is 15.3. The molecular formula is C18H23N3O4S. The Morgan fingerprint density at radius 3 is 2.65 bits per heavy atom. The first-order chi connectivity index (χ1) is 12.5. The van der Waals surface area contributed by atoms with E-state index in [1.54, 1.807) is 24.3 Å². The van der Waals surface area contributed by atoms with Crippen molar-refractivity contribution in [2.45, 2.75) is 30.7 Å². The van der Waals surface area contributed by atoms with E-state index in [1.165, 1.54) is 24.8 Å². The average Bonchev–Trinajstić information content (AvgIpc) is 3.15. The molecule has 2 aromatic rings. The number of hydrogen-bond donors (Lipinski definition) is 2. The number of nitrogens with zero attached hydrogens (tertiary/aromatic N) is 1. The number of anilines is 1. The standard InChI is InChI=1S/C18H23N3O4S/c22-18(14-21-9-2-1-3-10-21)20-15-6-4-8-17(12-15)26(23,24)19-13-16-7-5-11-25-16/h4-8,11-12,19H,1-3,9-10,13-14H2,(H,20,22). The van der Waals surface area contributed by atoms with E-state index in [0.717, 1.165) is 25.9 Å². The van der Waals surface area contributed by atoms with Gasteiger partial charge in [0.25, 0.3) is 0 Å². The zero-order chi connectivity index (χ0) is 18.4. The highest BCUT2D eigenvalue weighted by atomic mass is 32.2. The van der Waals surface area contributed by atoms with E-state index in [-0.39, 0.29) is 17.3 Å². The fraction of sp³-hybridized carbons (Fsp3) is 0.389. The van der Waals surface area contributed by atoms with Crippen molar-refractivity contribution in [3.63, 3.8) is 0 Å². The van der Waals surface area contributed by atoms with Crippen molar-refractivity contribution in [2.24, 2.45) is 0 Å². The van der Waals surface area contributed by atoms with Crippen molar-refractivity contribution >= 4 is 21.6 Å². The molecule has 3 rings (SSSR count). The summed E-state index contributed by atoms with van der Waals surface area (Å²) in [5.41, 5.74) is 0.466. The van der Waals surface area contributed by atoms with Crippen LogP contribution in [0.5, 0.6) is 0 Å². The fourth-order valence-corrected chi connectivity index (χ4v) is 3.96. The molecule has 0 unspecified atom stereocenters. The summed E-state index contributed by atoms with van der Waals surface area (Å²) in [6, 6.07) is 9.63. The van der Waals surface area contributed by atoms with Crippen LogP contribution in [0.2, 0.25) is 0 Å². The highest BCUT2D eigenvalue weighted by Gasteiger charge is 2.17. The van der Waals surface area contributed by atoms with Gasteiger partial charge in [0.1, 0.15) is 5.76 Å². The first kappa shape index (κ1) is 18.6. The van der Waals surface area contributed by atoms with Gasteiger partial charge in [0.05, 0.1) is 24.2 Å². The molecule has 0 radical (unpaired) electrons. The van der Waals surface area contributed by atoms with E-state index in [0.29, 0.717) is 18.0 Å². The van der Waals surface area contributed by atoms with E-state index < -0.39 is 10.0 Å². The number of carbonyl (C=O) groups excluding carboxylic acids is 1. The normalized spacial score (nSPS) is 15.7. The average molecular weight is 377 g/mol. The summed E-state index contributed by atoms with van der Waals surface area (Å²) in [5.74, 6) is 0.393. The minimum atomic E-state index is -3.69. The van der Waals surface area contributed by atoms with Gasteiger partial charge >= 0.3 is 0 Å². The molecule has 1 aliphatic heterocycles. The van der Waals surface area contributed by atoms with Gasteiger partial charge in [0.2, 0.25) is 15.9 Å². The Kier molecular flexibility index (Phi) is 6.08. The van der Waals surface area contributed by atoms with E-state index in [1.807, 2.05) is 0 Å². The number of benzene rings is 1. The van der Waals surface area contributed by atoms with Gasteiger partial charge in [0, 0.05) is 5.69 Å². The predicted molar refractivity (Wildman–Crippen MR) is 98.1 cm³/mol. The Labute approximate surface area is 153 Å². The number of nitrogens with one attached hydrogen (secondary N) is 2. The number of piperidine rings is 1. The predicted octanol–water partition coefficient (Wildman–Crippen LogP) is 2.18. The van der Waals surface area contributed by atoms with Crippen LogP contribution in [0.3, 0.4) is 0 Å². The molecule has 2 N–H and O–H groups in total. The van der Waals surface area contributed by atoms with Crippen LogP contribution in [0.25, 0.3) is 0 Å². The van der Waals surface area contributed by atoms with Crippen molar-refractivity contribution in [1.29, 1.82) is 0 Å². The van der Waals surface area contributed by atoms with Crippen LogP contribution in [-0.4, -0.2) is 38.9 Å². The van der Waals surface area contributed by atoms with Crippen LogP contribution in [0.1, 0.15) is 25.0 Å². The highest BCUT2D eigenvalue weighted by molar-refractivity contribution is 7.89. The summed E-state index contributed by atoms with van der Waals surface area (Å²) >= 11 is 0. The Bertz CT molecular complexity index is 828. The molecule has 0 atom stereocenters. The maximum absolute atomic E-state index is 12.4. The minimum Gasteiger partial charge on any atom is -0.468 e. The molecule has 1 aromatic heterocycles. The number of rotatable bonds is 7. The van der Waals surface area contributed by atoms with E-state index in [9.17, 15) is 13.2 Å². The fourth-order valence-electron chi connectivity index (χ4n) is 2.92. The molecule has 1 aliphatic rings. The van der Waals surface area contributed by atoms with Crippen molar-refractivity contribution in [1.82, 2.24) is 9.62 Å². The molecule has 1 aromatic carbocycles. The summed E-state index contributed by atoms with van der Waals surface area (Å²) in [7, 11) is -3.69. The molecule has 1 saturated heterocycles. The summed E-state index contributed by atoms with van der Waals surface area (Å²) in [4.78, 5) is 14.4. The van der Waals surface area contributed by atoms with Crippen molar-refractivity contribution in [2.75, 3.05) is 25.0 Å². The second-order valence-corrected chi connectivity index (χ2v) is 8.08. The third-order valence-electron chi connectivity index (χ3n) is 4.26. The minimum absolute atomic E-state index is 0.0703. The lowest BCUT2D eigenvalue weighted by atomic mass is 10.1. The maximum Gasteiger partial charge on any atom is 0.241 e. The van der Waals surface area contributed by atoms with Gasteiger partial charge in [-0.1, -0.05) is 12.5 Å². The SMILES string of the molecule is O=C(CN1CCCCC1)Nc1cccc(S(=O)(=O)NCc2ccco2)c1. The molecule has 0 aliphatic carbocycles. The monoisotopic (exact) mass is 377 g/mol. The molecule has 1 amide bonds. The molecule has 8 heteroatoms. The second-order valence-electron chi connectivity index (χ2n) is 6.32. The number of likely N-dealkylation sites (tertiary alicyclic amines) is 1. The molecule has 140 valence electrons. The van der Waals surface area contributed by atoms with Crippen molar-refractivity contribution in [3.8, 4) is 0 Å². The first-order valence-electron chi connectivity index (χ1n) is 8.67. The van der Waals surface area contributed by atoms with Gasteiger partial charge in [-0.25, -0.2) is 13.1 Å². The number of hydrogen-bond acceptors (Lipinski definition) is 5. The van der Waals surface area contributed by atoms with Crippen molar-refractivity contribution in [3.05, 3.63) is 48.4 Å². The van der Waals surface area contributed by atoms with E-state index in [4.69, 9.17) is 4.42 Å². The quantitative estimate of drug-likeness (QED) is 0.772. The summed E-state index contributed by atoms with van der Waals surface area (Å²) < 4.78 is 32.4. The van der Waals surface area contributed by atoms with Crippen LogP contribution < -0.4 is 10.0 Å². The van der Waals surface area contributed by atoms with Crippen LogP contribution in [-0.2, 0) is 21.4 Å². The highest BCUT2D eigenvalue weighted by Crippen LogP contribution is 2.16. The second kappa shape index (κ2) is 8.48. The number of carbonyl (C=O) groups is 1. The third-order valence-corrected chi connectivity index (χ3v) is 5.66. The molecule has 0 saturated carbocycles. The molecule has 2 heterocycles. The van der Waals surface area contributed by atoms with Gasteiger partial charge in [-0.2, -0.15) is 0 Å². The summed E-state index contributed by atoms with van der Waals surface area (Å²) in [6.07, 6.45) is 4.93. The largest absolute Gasteiger partial charge is 0.468 e.